The molecule has 1 heterocycles. The average Bonchev–Trinajstić information content (AvgIpc) is 2.94. The van der Waals surface area contributed by atoms with E-state index < -0.39 is 0 Å². The molecule has 2 N–H and O–H groups in total. The number of halogens is 1. The van der Waals surface area contributed by atoms with E-state index in [0.29, 0.717) is 0 Å². The predicted octanol–water partition coefficient (Wildman–Crippen LogP) is 0.566. The summed E-state index contributed by atoms with van der Waals surface area (Å²) in [6.45, 7) is 6.50. The molecule has 0 unspecified atom stereocenters. The van der Waals surface area contributed by atoms with Crippen molar-refractivity contribution in [1.82, 2.24) is 0 Å². The van der Waals surface area contributed by atoms with Crippen molar-refractivity contribution in [2.75, 3.05) is 26.2 Å². The van der Waals surface area contributed by atoms with E-state index in [9.17, 15) is 0 Å². The second kappa shape index (κ2) is 6.25. The van der Waals surface area contributed by atoms with Gasteiger partial charge < -0.3 is 9.80 Å². The van der Waals surface area contributed by atoms with Crippen LogP contribution in [0.1, 0.15) is 31.2 Å². The van der Waals surface area contributed by atoms with Crippen LogP contribution in [-0.2, 0) is 6.54 Å². The second-order valence-corrected chi connectivity index (χ2v) is 6.63. The Morgan fingerprint density at radius 1 is 1.05 bits per heavy atom. The van der Waals surface area contributed by atoms with Gasteiger partial charge in [-0.05, 0) is 37.8 Å². The molecule has 3 rings (SSSR count). The lowest BCUT2D eigenvalue weighted by Crippen LogP contribution is -3.29. The molecular formula is C16H25ClN2+2. The third-order valence-electron chi connectivity index (χ3n) is 4.88. The van der Waals surface area contributed by atoms with Crippen molar-refractivity contribution in [2.24, 2.45) is 0 Å². The van der Waals surface area contributed by atoms with Crippen LogP contribution in [0.15, 0.2) is 24.3 Å². The lowest BCUT2D eigenvalue weighted by molar-refractivity contribution is -1.03. The normalized spacial score (nSPS) is 28.7. The molecule has 1 saturated heterocycles. The molecule has 1 saturated carbocycles. The molecule has 104 valence electrons. The first-order chi connectivity index (χ1) is 9.31. The molecule has 19 heavy (non-hydrogen) atoms. The van der Waals surface area contributed by atoms with Gasteiger partial charge in [-0.1, -0.05) is 23.7 Å². The van der Waals surface area contributed by atoms with E-state index >= 15 is 0 Å². The van der Waals surface area contributed by atoms with Crippen LogP contribution >= 0.6 is 11.6 Å². The van der Waals surface area contributed by atoms with Gasteiger partial charge in [0.25, 0.3) is 0 Å². The van der Waals surface area contributed by atoms with Gasteiger partial charge in [-0.3, -0.25) is 0 Å². The molecule has 1 aromatic rings. The Morgan fingerprint density at radius 2 is 1.79 bits per heavy atom. The van der Waals surface area contributed by atoms with E-state index in [1.165, 1.54) is 57.4 Å². The summed E-state index contributed by atoms with van der Waals surface area (Å²) in [6, 6.07) is 9.33. The number of nitrogens with one attached hydrogen (secondary N) is 2. The van der Waals surface area contributed by atoms with Crippen LogP contribution in [0.2, 0.25) is 5.02 Å². The van der Waals surface area contributed by atoms with E-state index in [2.05, 4.69) is 18.2 Å². The summed E-state index contributed by atoms with van der Waals surface area (Å²) in [5, 5.41) is 0.868. The van der Waals surface area contributed by atoms with Gasteiger partial charge in [0, 0.05) is 10.6 Å². The highest BCUT2D eigenvalue weighted by atomic mass is 35.5. The zero-order valence-corrected chi connectivity index (χ0v) is 12.4. The van der Waals surface area contributed by atoms with Gasteiger partial charge >= 0.3 is 0 Å². The minimum absolute atomic E-state index is 0.868. The molecular weight excluding hydrogens is 256 g/mol. The van der Waals surface area contributed by atoms with Crippen molar-refractivity contribution in [3.8, 4) is 0 Å². The zero-order chi connectivity index (χ0) is 13.1. The number of piperazine rings is 1. The van der Waals surface area contributed by atoms with E-state index in [-0.39, 0.29) is 0 Å². The lowest BCUT2D eigenvalue weighted by atomic mass is 10.1. The monoisotopic (exact) mass is 280 g/mol. The van der Waals surface area contributed by atoms with Gasteiger partial charge in [0.15, 0.2) is 0 Å². The van der Waals surface area contributed by atoms with Crippen molar-refractivity contribution in [1.29, 1.82) is 0 Å². The molecule has 0 aromatic heterocycles. The smallest absolute Gasteiger partial charge is 0.127 e. The van der Waals surface area contributed by atoms with Gasteiger partial charge in [0.1, 0.15) is 32.7 Å². The largest absolute Gasteiger partial charge is 0.323 e. The van der Waals surface area contributed by atoms with Crippen molar-refractivity contribution < 1.29 is 9.80 Å². The van der Waals surface area contributed by atoms with Crippen LogP contribution in [0.3, 0.4) is 0 Å². The SMILES string of the molecule is Clc1cccc(C[NH+]2CC[NH+](C3CCCC3)CC2)c1. The molecule has 1 aliphatic carbocycles. The fraction of sp³-hybridized carbons (Fsp3) is 0.625. The first-order valence-electron chi connectivity index (χ1n) is 7.74. The van der Waals surface area contributed by atoms with Crippen molar-refractivity contribution in [3.05, 3.63) is 34.9 Å². The van der Waals surface area contributed by atoms with Crippen molar-refractivity contribution >= 4 is 11.6 Å². The number of rotatable bonds is 3. The molecule has 0 amide bonds. The molecule has 0 radical (unpaired) electrons. The second-order valence-electron chi connectivity index (χ2n) is 6.20. The van der Waals surface area contributed by atoms with Crippen LogP contribution in [-0.4, -0.2) is 32.2 Å². The van der Waals surface area contributed by atoms with Gasteiger partial charge in [0.05, 0.1) is 6.04 Å². The standard InChI is InChI=1S/C16H23ClN2/c17-15-5-3-4-14(12-15)13-18-8-10-19(11-9-18)16-6-1-2-7-16/h3-5,12,16H,1-2,6-11,13H2/p+2. The van der Waals surface area contributed by atoms with Gasteiger partial charge in [-0.2, -0.15) is 0 Å². The Morgan fingerprint density at radius 3 is 2.47 bits per heavy atom. The first-order valence-corrected chi connectivity index (χ1v) is 8.11. The summed E-state index contributed by atoms with van der Waals surface area (Å²) in [4.78, 5) is 3.61. The van der Waals surface area contributed by atoms with Gasteiger partial charge in [-0.25, -0.2) is 0 Å². The molecule has 0 bridgehead atoms. The lowest BCUT2D eigenvalue weighted by Gasteiger charge is -2.33. The van der Waals surface area contributed by atoms with Crippen LogP contribution in [0, 0.1) is 0 Å². The summed E-state index contributed by atoms with van der Waals surface area (Å²) in [5.74, 6) is 0. The van der Waals surface area contributed by atoms with Crippen LogP contribution in [0.4, 0.5) is 0 Å². The summed E-state index contributed by atoms with van der Waals surface area (Å²) in [5.41, 5.74) is 1.38. The highest BCUT2D eigenvalue weighted by Crippen LogP contribution is 2.15. The molecule has 0 spiro atoms. The number of hydrogen-bond donors (Lipinski definition) is 2. The predicted molar refractivity (Wildman–Crippen MR) is 78.8 cm³/mol. The highest BCUT2D eigenvalue weighted by molar-refractivity contribution is 6.30. The van der Waals surface area contributed by atoms with Crippen LogP contribution in [0.25, 0.3) is 0 Å². The minimum Gasteiger partial charge on any atom is -0.323 e. The van der Waals surface area contributed by atoms with Crippen LogP contribution < -0.4 is 9.80 Å². The topological polar surface area (TPSA) is 8.88 Å². The highest BCUT2D eigenvalue weighted by Gasteiger charge is 2.31. The van der Waals surface area contributed by atoms with Gasteiger partial charge in [0.2, 0.25) is 0 Å². The van der Waals surface area contributed by atoms with Crippen molar-refractivity contribution in [3.63, 3.8) is 0 Å². The third kappa shape index (κ3) is 3.50. The molecule has 2 nitrogen and oxygen atoms in total. The fourth-order valence-corrected chi connectivity index (χ4v) is 3.99. The number of benzene rings is 1. The Hall–Kier alpha value is -0.570. The Labute approximate surface area is 121 Å². The van der Waals surface area contributed by atoms with E-state index in [4.69, 9.17) is 11.6 Å². The minimum atomic E-state index is 0.868. The summed E-state index contributed by atoms with van der Waals surface area (Å²) in [7, 11) is 0. The molecule has 1 aromatic carbocycles. The molecule has 0 atom stereocenters. The maximum Gasteiger partial charge on any atom is 0.127 e. The zero-order valence-electron chi connectivity index (χ0n) is 11.6. The molecule has 1 aliphatic heterocycles. The fourth-order valence-electron chi connectivity index (χ4n) is 3.78. The Bertz CT molecular complexity index is 407. The third-order valence-corrected chi connectivity index (χ3v) is 5.11. The van der Waals surface area contributed by atoms with Crippen LogP contribution in [0.5, 0.6) is 0 Å². The summed E-state index contributed by atoms with van der Waals surface area (Å²) in [6.07, 6.45) is 5.87. The quantitative estimate of drug-likeness (QED) is 0.801. The number of hydrogen-bond acceptors (Lipinski definition) is 0. The summed E-state index contributed by atoms with van der Waals surface area (Å²) >= 11 is 6.06. The first kappa shape index (κ1) is 13.4. The number of quaternary nitrogens is 2. The Kier molecular flexibility index (Phi) is 4.42. The summed E-state index contributed by atoms with van der Waals surface area (Å²) < 4.78 is 0. The molecule has 2 fully saturated rings. The van der Waals surface area contributed by atoms with Crippen molar-refractivity contribution in [2.45, 2.75) is 38.3 Å². The molecule has 3 heteroatoms. The maximum absolute atomic E-state index is 6.06. The maximum atomic E-state index is 6.06. The average molecular weight is 281 g/mol. The van der Waals surface area contributed by atoms with E-state index in [1.54, 1.807) is 4.90 Å². The van der Waals surface area contributed by atoms with Gasteiger partial charge in [-0.15, -0.1) is 0 Å². The van der Waals surface area contributed by atoms with E-state index in [0.717, 1.165) is 17.6 Å². The molecule has 2 aliphatic rings. The Balaban J connectivity index is 1.50. The van der Waals surface area contributed by atoms with E-state index in [1.807, 2.05) is 11.0 Å².